The van der Waals surface area contributed by atoms with Crippen molar-refractivity contribution in [3.63, 3.8) is 0 Å². The van der Waals surface area contributed by atoms with Crippen molar-refractivity contribution < 1.29 is 32.6 Å². The summed E-state index contributed by atoms with van der Waals surface area (Å²) < 4.78 is 42.4. The van der Waals surface area contributed by atoms with E-state index in [0.29, 0.717) is 6.20 Å². The molecule has 0 atom stereocenters. The van der Waals surface area contributed by atoms with Crippen molar-refractivity contribution >= 4 is 29.3 Å². The summed E-state index contributed by atoms with van der Waals surface area (Å²) in [6, 6.07) is 0.730. The van der Waals surface area contributed by atoms with E-state index in [1.807, 2.05) is 0 Å². The molecular weight excluding hydrogens is 367 g/mol. The molecule has 0 aromatic carbocycles. The van der Waals surface area contributed by atoms with E-state index in [2.05, 4.69) is 10.3 Å². The topological polar surface area (TPSA) is 91.8 Å². The number of rotatable bonds is 9. The SMILES string of the molecule is COCCN(CC(=O)O)C(=O)CCNc1ncc(C(F)(F)F)cc1Cl. The molecule has 0 saturated carbocycles. The van der Waals surface area contributed by atoms with E-state index in [1.54, 1.807) is 0 Å². The average Bonchev–Trinajstić information content (AvgIpc) is 2.51. The number of aliphatic carboxylic acids is 1. The second-order valence-electron chi connectivity index (χ2n) is 4.93. The van der Waals surface area contributed by atoms with E-state index in [1.165, 1.54) is 7.11 Å². The van der Waals surface area contributed by atoms with Crippen LogP contribution in [0.5, 0.6) is 0 Å². The summed E-state index contributed by atoms with van der Waals surface area (Å²) >= 11 is 5.74. The van der Waals surface area contributed by atoms with Crippen LogP contribution >= 0.6 is 11.6 Å². The van der Waals surface area contributed by atoms with Crippen LogP contribution in [0.15, 0.2) is 12.3 Å². The van der Waals surface area contributed by atoms with Gasteiger partial charge in [-0.05, 0) is 6.07 Å². The lowest BCUT2D eigenvalue weighted by Gasteiger charge is -2.20. The molecule has 0 saturated heterocycles. The normalized spacial score (nSPS) is 11.2. The van der Waals surface area contributed by atoms with Crippen LogP contribution in [0.4, 0.5) is 19.0 Å². The van der Waals surface area contributed by atoms with Crippen LogP contribution in [0, 0.1) is 0 Å². The number of carbonyl (C=O) groups excluding carboxylic acids is 1. The van der Waals surface area contributed by atoms with Gasteiger partial charge < -0.3 is 20.1 Å². The molecule has 0 aliphatic rings. The smallest absolute Gasteiger partial charge is 0.417 e. The molecule has 0 aliphatic heterocycles. The Morgan fingerprint density at radius 3 is 2.64 bits per heavy atom. The minimum absolute atomic E-state index is 0.00384. The quantitative estimate of drug-likeness (QED) is 0.678. The zero-order valence-corrected chi connectivity index (χ0v) is 14.0. The second-order valence-corrected chi connectivity index (χ2v) is 5.34. The lowest BCUT2D eigenvalue weighted by molar-refractivity contribution is -0.144. The molecule has 0 aliphatic carbocycles. The van der Waals surface area contributed by atoms with Crippen LogP contribution < -0.4 is 5.32 Å². The third-order valence-corrected chi connectivity index (χ3v) is 3.33. The molecule has 25 heavy (non-hydrogen) atoms. The zero-order valence-electron chi connectivity index (χ0n) is 13.3. The predicted molar refractivity (Wildman–Crippen MR) is 83.4 cm³/mol. The summed E-state index contributed by atoms with van der Waals surface area (Å²) in [5.74, 6) is -1.61. The Kier molecular flexibility index (Phi) is 7.91. The Labute approximate surface area is 146 Å². The number of amides is 1. The molecule has 1 aromatic rings. The number of halogens is 4. The molecule has 0 unspecified atom stereocenters. The molecule has 2 N–H and O–H groups in total. The van der Waals surface area contributed by atoms with Gasteiger partial charge in [-0.3, -0.25) is 9.59 Å². The number of methoxy groups -OCH3 is 1. The number of nitrogens with zero attached hydrogens (tertiary/aromatic N) is 2. The number of carbonyl (C=O) groups is 2. The van der Waals surface area contributed by atoms with Gasteiger partial charge in [-0.25, -0.2) is 4.98 Å². The highest BCUT2D eigenvalue weighted by molar-refractivity contribution is 6.32. The molecule has 1 rings (SSSR count). The van der Waals surface area contributed by atoms with Gasteiger partial charge in [0.2, 0.25) is 5.91 Å². The number of nitrogens with one attached hydrogen (secondary N) is 1. The molecule has 1 aromatic heterocycles. The van der Waals surface area contributed by atoms with Gasteiger partial charge in [-0.2, -0.15) is 13.2 Å². The van der Waals surface area contributed by atoms with Crippen LogP contribution in [0.25, 0.3) is 0 Å². The van der Waals surface area contributed by atoms with Crippen molar-refractivity contribution in [3.8, 4) is 0 Å². The lowest BCUT2D eigenvalue weighted by Crippen LogP contribution is -2.38. The summed E-state index contributed by atoms with van der Waals surface area (Å²) in [4.78, 5) is 27.5. The molecule has 1 amide bonds. The minimum Gasteiger partial charge on any atom is -0.480 e. The van der Waals surface area contributed by atoms with Crippen molar-refractivity contribution in [2.24, 2.45) is 0 Å². The Morgan fingerprint density at radius 2 is 2.12 bits per heavy atom. The molecule has 140 valence electrons. The maximum absolute atomic E-state index is 12.5. The van der Waals surface area contributed by atoms with Crippen LogP contribution in [0.2, 0.25) is 5.02 Å². The molecule has 7 nitrogen and oxygen atoms in total. The van der Waals surface area contributed by atoms with Crippen LogP contribution in [-0.4, -0.2) is 60.2 Å². The highest BCUT2D eigenvalue weighted by Crippen LogP contribution is 2.32. The number of pyridine rings is 1. The fourth-order valence-corrected chi connectivity index (χ4v) is 2.06. The number of anilines is 1. The standard InChI is InChI=1S/C14H17ClF3N3O4/c1-25-5-4-21(8-12(23)24)11(22)2-3-19-13-10(15)6-9(7-20-13)14(16,17)18/h6-7H,2-5,8H2,1H3,(H,19,20)(H,23,24). The summed E-state index contributed by atoms with van der Waals surface area (Å²) in [5.41, 5.74) is -0.980. The third kappa shape index (κ3) is 7.14. The van der Waals surface area contributed by atoms with Crippen LogP contribution in [0.1, 0.15) is 12.0 Å². The van der Waals surface area contributed by atoms with Gasteiger partial charge in [0.05, 0.1) is 17.2 Å². The number of hydrogen-bond acceptors (Lipinski definition) is 5. The molecule has 0 fully saturated rings. The lowest BCUT2D eigenvalue weighted by atomic mass is 10.2. The zero-order chi connectivity index (χ0) is 19.0. The molecule has 0 spiro atoms. The van der Waals surface area contributed by atoms with Crippen molar-refractivity contribution in [2.45, 2.75) is 12.6 Å². The largest absolute Gasteiger partial charge is 0.480 e. The summed E-state index contributed by atoms with van der Waals surface area (Å²) in [6.45, 7) is -0.152. The van der Waals surface area contributed by atoms with Crippen molar-refractivity contribution in [3.05, 3.63) is 22.8 Å². The van der Waals surface area contributed by atoms with E-state index in [0.717, 1.165) is 11.0 Å². The molecule has 0 bridgehead atoms. The maximum atomic E-state index is 12.5. The van der Waals surface area contributed by atoms with Gasteiger partial charge in [0, 0.05) is 32.8 Å². The summed E-state index contributed by atoms with van der Waals surface area (Å²) in [5, 5.41) is 11.2. The van der Waals surface area contributed by atoms with Gasteiger partial charge in [-0.15, -0.1) is 0 Å². The van der Waals surface area contributed by atoms with Gasteiger partial charge in [-0.1, -0.05) is 11.6 Å². The summed E-state index contributed by atoms with van der Waals surface area (Å²) in [7, 11) is 1.42. The fraction of sp³-hybridized carbons (Fsp3) is 0.500. The van der Waals surface area contributed by atoms with Crippen LogP contribution in [0.3, 0.4) is 0 Å². The third-order valence-electron chi connectivity index (χ3n) is 3.04. The first-order valence-corrected chi connectivity index (χ1v) is 7.48. The van der Waals surface area contributed by atoms with E-state index in [4.69, 9.17) is 21.4 Å². The van der Waals surface area contributed by atoms with Crippen molar-refractivity contribution in [1.29, 1.82) is 0 Å². The van der Waals surface area contributed by atoms with Crippen LogP contribution in [-0.2, 0) is 20.5 Å². The Hall–Kier alpha value is -2.07. The van der Waals surface area contributed by atoms with E-state index >= 15 is 0 Å². The Bertz CT molecular complexity index is 613. The Morgan fingerprint density at radius 1 is 1.44 bits per heavy atom. The molecule has 1 heterocycles. The predicted octanol–water partition coefficient (Wildman–Crippen LogP) is 2.12. The number of hydrogen-bond donors (Lipinski definition) is 2. The van der Waals surface area contributed by atoms with Gasteiger partial charge in [0.15, 0.2) is 0 Å². The summed E-state index contributed by atoms with van der Waals surface area (Å²) in [6.07, 6.45) is -4.01. The maximum Gasteiger partial charge on any atom is 0.417 e. The average molecular weight is 384 g/mol. The van der Waals surface area contributed by atoms with Crippen molar-refractivity contribution in [2.75, 3.05) is 38.7 Å². The van der Waals surface area contributed by atoms with Gasteiger partial charge >= 0.3 is 12.1 Å². The number of carboxylic acids is 1. The number of ether oxygens (including phenoxy) is 1. The van der Waals surface area contributed by atoms with Crippen molar-refractivity contribution in [1.82, 2.24) is 9.88 Å². The fourth-order valence-electron chi connectivity index (χ4n) is 1.83. The first-order valence-electron chi connectivity index (χ1n) is 7.10. The second kappa shape index (κ2) is 9.42. The highest BCUT2D eigenvalue weighted by atomic mass is 35.5. The first kappa shape index (κ1) is 21.0. The molecule has 11 heteroatoms. The minimum atomic E-state index is -4.55. The number of alkyl halides is 3. The number of aromatic nitrogens is 1. The first-order chi connectivity index (χ1) is 11.6. The Balaban J connectivity index is 2.60. The highest BCUT2D eigenvalue weighted by Gasteiger charge is 2.31. The molecular formula is C14H17ClF3N3O4. The number of carboxylic acid groups (broad SMARTS) is 1. The molecule has 0 radical (unpaired) electrons. The van der Waals surface area contributed by atoms with E-state index in [9.17, 15) is 22.8 Å². The van der Waals surface area contributed by atoms with E-state index in [-0.39, 0.29) is 37.0 Å². The van der Waals surface area contributed by atoms with Gasteiger partial charge in [0.1, 0.15) is 12.4 Å². The van der Waals surface area contributed by atoms with E-state index < -0.39 is 30.2 Å². The van der Waals surface area contributed by atoms with Gasteiger partial charge in [0.25, 0.3) is 0 Å². The monoisotopic (exact) mass is 383 g/mol.